The van der Waals surface area contributed by atoms with Crippen molar-refractivity contribution in [2.24, 2.45) is 6.98 Å². The minimum absolute atomic E-state index is 0.0435. The fourth-order valence-corrected chi connectivity index (χ4v) is 8.90. The summed E-state index contributed by atoms with van der Waals surface area (Å²) in [6, 6.07) is 48.6. The summed E-state index contributed by atoms with van der Waals surface area (Å²) < 4.78 is 47.2. The summed E-state index contributed by atoms with van der Waals surface area (Å²) in [5.74, 6) is 1.54. The molecule has 61 heavy (non-hydrogen) atoms. The molecule has 0 unspecified atom stereocenters. The van der Waals surface area contributed by atoms with Gasteiger partial charge in [-0.15, -0.1) is 0 Å². The molecule has 0 aliphatic carbocycles. The van der Waals surface area contributed by atoms with Gasteiger partial charge in [-0.25, -0.2) is 0 Å². The molecule has 300 valence electrons. The van der Waals surface area contributed by atoms with Crippen molar-refractivity contribution < 1.29 is 17.8 Å². The van der Waals surface area contributed by atoms with Crippen LogP contribution in [0.4, 0.5) is 5.69 Å². The summed E-state index contributed by atoms with van der Waals surface area (Å²) >= 11 is 0. The Labute approximate surface area is 358 Å². The summed E-state index contributed by atoms with van der Waals surface area (Å²) in [5, 5.41) is 4.35. The second kappa shape index (κ2) is 13.1. The first-order valence-corrected chi connectivity index (χ1v) is 20.7. The zero-order chi connectivity index (χ0) is 44.4. The van der Waals surface area contributed by atoms with Crippen LogP contribution in [0, 0.1) is 6.33 Å². The number of rotatable bonds is 5. The largest absolute Gasteiger partial charge is 0.458 e. The van der Waals surface area contributed by atoms with Crippen LogP contribution >= 0.6 is 0 Å². The number of anilines is 1. The standard InChI is InChI=1S/C54H47N5O2/c1-53(2,3)33-27-34(54(4,5)6)29-36(28-33)58-32-57(44-20-11-12-21-45(44)58)35-15-14-16-37(30-35)60-38-23-24-41-47(31-38)59(52-50(55)42-18-8-10-19-43(42)56(52)7)46-26-25-40-39-17-9-13-22-48(39)61-51(40)49(41)46/h8-31H,55H2,1-7H3/i7D3. The molecule has 0 bridgehead atoms. The van der Waals surface area contributed by atoms with Gasteiger partial charge in [-0.3, -0.25) is 13.7 Å². The normalized spacial score (nSPS) is 13.5. The summed E-state index contributed by atoms with van der Waals surface area (Å²) in [4.78, 5) is 0. The Morgan fingerprint density at radius 1 is 0.623 bits per heavy atom. The quantitative estimate of drug-likeness (QED) is 0.139. The number of aromatic nitrogens is 4. The number of nitrogens with two attached hydrogens (primary N) is 1. The highest BCUT2D eigenvalue weighted by atomic mass is 16.5. The van der Waals surface area contributed by atoms with E-state index in [9.17, 15) is 0 Å². The number of nitrogen functional groups attached to an aromatic ring is 1. The Morgan fingerprint density at radius 3 is 2.08 bits per heavy atom. The molecule has 11 aromatic rings. The second-order valence-electron chi connectivity index (χ2n) is 18.2. The van der Waals surface area contributed by atoms with Crippen LogP contribution in [0.2, 0.25) is 0 Å². The van der Waals surface area contributed by atoms with E-state index in [-0.39, 0.29) is 10.8 Å². The van der Waals surface area contributed by atoms with E-state index in [1.807, 2.05) is 89.5 Å². The average molecular weight is 801 g/mol. The third kappa shape index (κ3) is 5.75. The first-order valence-electron chi connectivity index (χ1n) is 22.2. The molecule has 4 heterocycles. The molecule has 11 rings (SSSR count). The van der Waals surface area contributed by atoms with E-state index in [0.717, 1.165) is 60.6 Å². The van der Waals surface area contributed by atoms with Crippen LogP contribution in [-0.2, 0) is 17.8 Å². The van der Waals surface area contributed by atoms with E-state index in [4.69, 9.17) is 19.0 Å². The van der Waals surface area contributed by atoms with E-state index in [0.29, 0.717) is 39.5 Å². The second-order valence-corrected chi connectivity index (χ2v) is 18.2. The SMILES string of the molecule is [2H]C([2H])([2H])n1c(-n2c3cc(Oc4cccc(-n5[c-][n+](-c6cc(C(C)(C)C)cc(C(C)(C)C)c6)c6ccccc65)c4)ccc3c3c4oc5ccccc5c4ccc32)c(N)c2ccccc21. The lowest BCUT2D eigenvalue weighted by Gasteiger charge is -2.26. The van der Waals surface area contributed by atoms with Gasteiger partial charge in [-0.05, 0) is 88.7 Å². The van der Waals surface area contributed by atoms with Gasteiger partial charge in [0.15, 0.2) is 0 Å². The molecular weight excluding hydrogens is 751 g/mol. The van der Waals surface area contributed by atoms with E-state index in [1.54, 1.807) is 6.07 Å². The van der Waals surface area contributed by atoms with Gasteiger partial charge >= 0.3 is 0 Å². The van der Waals surface area contributed by atoms with E-state index < -0.39 is 6.98 Å². The molecule has 0 fully saturated rings. The molecule has 0 aliphatic heterocycles. The molecule has 0 atom stereocenters. The number of fused-ring (bicyclic) bond motifs is 9. The highest BCUT2D eigenvalue weighted by Gasteiger charge is 2.25. The van der Waals surface area contributed by atoms with Crippen molar-refractivity contribution in [1.29, 1.82) is 0 Å². The van der Waals surface area contributed by atoms with Crippen LogP contribution in [0.5, 0.6) is 11.5 Å². The monoisotopic (exact) mass is 800 g/mol. The van der Waals surface area contributed by atoms with Crippen LogP contribution in [0.1, 0.15) is 56.8 Å². The highest BCUT2D eigenvalue weighted by molar-refractivity contribution is 6.24. The molecule has 0 saturated carbocycles. The number of nitrogens with zero attached hydrogens (tertiary/aromatic N) is 4. The Kier molecular flexibility index (Phi) is 7.22. The van der Waals surface area contributed by atoms with Crippen molar-refractivity contribution in [3.8, 4) is 28.7 Å². The number of furan rings is 1. The summed E-state index contributed by atoms with van der Waals surface area (Å²) in [5.41, 5.74) is 17.3. The first kappa shape index (κ1) is 33.6. The number of ether oxygens (including phenoxy) is 1. The number of hydrogen-bond donors (Lipinski definition) is 1. The maximum Gasteiger partial charge on any atom is 0.269 e. The van der Waals surface area contributed by atoms with Crippen molar-refractivity contribution in [1.82, 2.24) is 13.7 Å². The Balaban J connectivity index is 1.08. The van der Waals surface area contributed by atoms with Crippen molar-refractivity contribution in [2.75, 3.05) is 5.73 Å². The van der Waals surface area contributed by atoms with Crippen LogP contribution < -0.4 is 15.0 Å². The fraction of sp³-hybridized carbons (Fsp3) is 0.167. The number of aryl methyl sites for hydroxylation is 1. The number of para-hydroxylation sites is 4. The molecule has 0 radical (unpaired) electrons. The molecule has 7 heteroatoms. The van der Waals surface area contributed by atoms with Crippen molar-refractivity contribution in [3.63, 3.8) is 0 Å². The lowest BCUT2D eigenvalue weighted by molar-refractivity contribution is -0.572. The van der Waals surface area contributed by atoms with Gasteiger partial charge in [-0.2, -0.15) is 0 Å². The minimum atomic E-state index is -2.55. The first-order chi connectivity index (χ1) is 30.5. The van der Waals surface area contributed by atoms with Crippen molar-refractivity contribution >= 4 is 71.4 Å². The number of imidazole rings is 1. The van der Waals surface area contributed by atoms with Crippen LogP contribution in [0.25, 0.3) is 82.9 Å². The summed E-state index contributed by atoms with van der Waals surface area (Å²) in [7, 11) is 0. The molecule has 0 amide bonds. The molecule has 7 aromatic carbocycles. The minimum Gasteiger partial charge on any atom is -0.458 e. The van der Waals surface area contributed by atoms with Crippen LogP contribution in [-0.4, -0.2) is 13.7 Å². The third-order valence-corrected chi connectivity index (χ3v) is 12.1. The molecular formula is C54H47N5O2. The molecule has 0 aliphatic rings. The molecule has 2 N–H and O–H groups in total. The Bertz CT molecular complexity index is 3650. The Morgan fingerprint density at radius 2 is 1.31 bits per heavy atom. The predicted molar refractivity (Wildman–Crippen MR) is 250 cm³/mol. The fourth-order valence-electron chi connectivity index (χ4n) is 8.90. The number of benzene rings is 7. The van der Waals surface area contributed by atoms with Gasteiger partial charge in [0.2, 0.25) is 0 Å². The summed E-state index contributed by atoms with van der Waals surface area (Å²) in [6.07, 6.45) is 3.70. The smallest absolute Gasteiger partial charge is 0.269 e. The van der Waals surface area contributed by atoms with E-state index >= 15 is 0 Å². The Hall–Kier alpha value is -7.25. The van der Waals surface area contributed by atoms with Crippen molar-refractivity contribution in [3.05, 3.63) is 163 Å². The maximum atomic E-state index is 8.76. The van der Waals surface area contributed by atoms with E-state index in [1.165, 1.54) is 15.7 Å². The maximum absolute atomic E-state index is 8.76. The van der Waals surface area contributed by atoms with Gasteiger partial charge in [-0.1, -0.05) is 114 Å². The topological polar surface area (TPSA) is 67.1 Å². The lowest BCUT2D eigenvalue weighted by Crippen LogP contribution is -2.31. The van der Waals surface area contributed by atoms with Gasteiger partial charge in [0.05, 0.1) is 50.0 Å². The average Bonchev–Trinajstić information content (AvgIpc) is 4.00. The van der Waals surface area contributed by atoms with Gasteiger partial charge in [0.25, 0.3) is 6.33 Å². The highest BCUT2D eigenvalue weighted by Crippen LogP contribution is 2.44. The van der Waals surface area contributed by atoms with Crippen LogP contribution in [0.3, 0.4) is 0 Å². The van der Waals surface area contributed by atoms with Crippen molar-refractivity contribution in [2.45, 2.75) is 52.4 Å². The van der Waals surface area contributed by atoms with Crippen LogP contribution in [0.15, 0.2) is 150 Å². The van der Waals surface area contributed by atoms with Gasteiger partial charge < -0.3 is 19.5 Å². The molecule has 0 spiro atoms. The molecule has 0 saturated heterocycles. The lowest BCUT2D eigenvalue weighted by atomic mass is 9.80. The third-order valence-electron chi connectivity index (χ3n) is 12.1. The van der Waals surface area contributed by atoms with Gasteiger partial charge in [0.1, 0.15) is 28.5 Å². The van der Waals surface area contributed by atoms with E-state index in [2.05, 4.69) is 112 Å². The zero-order valence-corrected chi connectivity index (χ0v) is 35.0. The molecule has 7 nitrogen and oxygen atoms in total. The predicted octanol–water partition coefficient (Wildman–Crippen LogP) is 13.2. The summed E-state index contributed by atoms with van der Waals surface area (Å²) in [6.45, 7) is 11.0. The molecule has 4 aromatic heterocycles. The van der Waals surface area contributed by atoms with Gasteiger partial charge in [0, 0.05) is 38.7 Å². The number of hydrogen-bond acceptors (Lipinski definition) is 3. The zero-order valence-electron chi connectivity index (χ0n) is 38.0.